The van der Waals surface area contributed by atoms with Crippen molar-refractivity contribution in [2.24, 2.45) is 0 Å². The molecule has 0 aliphatic heterocycles. The summed E-state index contributed by atoms with van der Waals surface area (Å²) in [6, 6.07) is 8.26. The predicted octanol–water partition coefficient (Wildman–Crippen LogP) is 1.84. The fourth-order valence-corrected chi connectivity index (χ4v) is 2.13. The highest BCUT2D eigenvalue weighted by Crippen LogP contribution is 2.22. The lowest BCUT2D eigenvalue weighted by atomic mass is 10.1. The molecule has 0 radical (unpaired) electrons. The van der Waals surface area contributed by atoms with E-state index >= 15 is 0 Å². The second-order valence-electron chi connectivity index (χ2n) is 5.48. The molecule has 1 heterocycles. The number of amides is 3. The Bertz CT molecular complexity index is 750. The molecule has 8 heteroatoms. The van der Waals surface area contributed by atoms with Gasteiger partial charge in [-0.3, -0.25) is 10.1 Å². The Morgan fingerprint density at radius 3 is 2.42 bits per heavy atom. The molecule has 138 valence electrons. The van der Waals surface area contributed by atoms with Gasteiger partial charge in [0.15, 0.2) is 13.2 Å². The SMILES string of the molecule is Cc1cccc(C)c1OCC(=O)OCC(=O)NC(=O)NCc1ccco1. The number of furan rings is 1. The Balaban J connectivity index is 1.66. The van der Waals surface area contributed by atoms with Crippen LogP contribution in [0.25, 0.3) is 0 Å². The number of hydrogen-bond donors (Lipinski definition) is 2. The second-order valence-corrected chi connectivity index (χ2v) is 5.48. The van der Waals surface area contributed by atoms with Crippen molar-refractivity contribution in [1.82, 2.24) is 10.6 Å². The van der Waals surface area contributed by atoms with Crippen molar-refractivity contribution in [2.75, 3.05) is 13.2 Å². The first-order chi connectivity index (χ1) is 12.5. The summed E-state index contributed by atoms with van der Waals surface area (Å²) in [7, 11) is 0. The van der Waals surface area contributed by atoms with E-state index < -0.39 is 24.5 Å². The maximum absolute atomic E-state index is 11.7. The minimum absolute atomic E-state index is 0.134. The van der Waals surface area contributed by atoms with Crippen LogP contribution in [0, 0.1) is 13.8 Å². The van der Waals surface area contributed by atoms with Gasteiger partial charge in [-0.2, -0.15) is 0 Å². The van der Waals surface area contributed by atoms with E-state index in [1.165, 1.54) is 6.26 Å². The largest absolute Gasteiger partial charge is 0.481 e. The van der Waals surface area contributed by atoms with E-state index in [4.69, 9.17) is 13.9 Å². The number of carbonyl (C=O) groups is 3. The molecule has 0 fully saturated rings. The van der Waals surface area contributed by atoms with E-state index in [0.29, 0.717) is 11.5 Å². The third-order valence-electron chi connectivity index (χ3n) is 3.36. The second kappa shape index (κ2) is 9.26. The van der Waals surface area contributed by atoms with Crippen LogP contribution in [0.1, 0.15) is 16.9 Å². The standard InChI is InChI=1S/C18H20N2O6/c1-12-5-3-6-13(2)17(12)26-11-16(22)25-10-15(21)20-18(23)19-9-14-7-4-8-24-14/h3-8H,9-11H2,1-2H3,(H2,19,20,21,23). The minimum Gasteiger partial charge on any atom is -0.481 e. The van der Waals surface area contributed by atoms with Crippen molar-refractivity contribution in [2.45, 2.75) is 20.4 Å². The number of nitrogens with one attached hydrogen (secondary N) is 2. The quantitative estimate of drug-likeness (QED) is 0.730. The Labute approximate surface area is 150 Å². The first kappa shape index (κ1) is 19.0. The van der Waals surface area contributed by atoms with E-state index in [9.17, 15) is 14.4 Å². The normalized spacial score (nSPS) is 10.1. The van der Waals surface area contributed by atoms with Gasteiger partial charge in [-0.1, -0.05) is 18.2 Å². The number of hydrogen-bond acceptors (Lipinski definition) is 6. The Hall–Kier alpha value is -3.29. The Kier molecular flexibility index (Phi) is 6.78. The van der Waals surface area contributed by atoms with Crippen molar-refractivity contribution >= 4 is 17.9 Å². The molecule has 0 aliphatic carbocycles. The van der Waals surface area contributed by atoms with Crippen LogP contribution in [-0.2, 0) is 20.9 Å². The minimum atomic E-state index is -0.748. The number of imide groups is 1. The van der Waals surface area contributed by atoms with Gasteiger partial charge in [-0.25, -0.2) is 9.59 Å². The number of aryl methyl sites for hydroxylation is 2. The van der Waals surface area contributed by atoms with Crippen LogP contribution < -0.4 is 15.4 Å². The van der Waals surface area contributed by atoms with Crippen LogP contribution in [0.2, 0.25) is 0 Å². The molecule has 0 aliphatic rings. The zero-order valence-electron chi connectivity index (χ0n) is 14.5. The average Bonchev–Trinajstić information content (AvgIpc) is 3.11. The lowest BCUT2D eigenvalue weighted by molar-refractivity contribution is -0.150. The third kappa shape index (κ3) is 5.97. The van der Waals surface area contributed by atoms with Crippen LogP contribution in [0.4, 0.5) is 4.79 Å². The van der Waals surface area contributed by atoms with Crippen LogP contribution in [0.5, 0.6) is 5.75 Å². The third-order valence-corrected chi connectivity index (χ3v) is 3.36. The molecule has 1 aromatic heterocycles. The fourth-order valence-electron chi connectivity index (χ4n) is 2.13. The molecule has 8 nitrogen and oxygen atoms in total. The number of carbonyl (C=O) groups excluding carboxylic acids is 3. The zero-order chi connectivity index (χ0) is 18.9. The molecule has 2 rings (SSSR count). The topological polar surface area (TPSA) is 107 Å². The summed E-state index contributed by atoms with van der Waals surface area (Å²) in [5.41, 5.74) is 1.78. The molecule has 0 spiro atoms. The number of benzene rings is 1. The molecular formula is C18H20N2O6. The van der Waals surface area contributed by atoms with Crippen LogP contribution in [-0.4, -0.2) is 31.1 Å². The van der Waals surface area contributed by atoms with Gasteiger partial charge in [0.2, 0.25) is 0 Å². The van der Waals surface area contributed by atoms with Crippen molar-refractivity contribution < 1.29 is 28.3 Å². The number of para-hydroxylation sites is 1. The van der Waals surface area contributed by atoms with Gasteiger partial charge in [-0.15, -0.1) is 0 Å². The van der Waals surface area contributed by atoms with Crippen LogP contribution in [0.15, 0.2) is 41.0 Å². The van der Waals surface area contributed by atoms with E-state index in [1.807, 2.05) is 37.4 Å². The highest BCUT2D eigenvalue weighted by Gasteiger charge is 2.12. The summed E-state index contributed by atoms with van der Waals surface area (Å²) in [5, 5.41) is 4.47. The zero-order valence-corrected chi connectivity index (χ0v) is 14.5. The van der Waals surface area contributed by atoms with Crippen LogP contribution in [0.3, 0.4) is 0 Å². The molecule has 0 unspecified atom stereocenters. The average molecular weight is 360 g/mol. The molecule has 1 aromatic carbocycles. The summed E-state index contributed by atoms with van der Waals surface area (Å²) in [4.78, 5) is 34.8. The van der Waals surface area contributed by atoms with Gasteiger partial charge in [0.25, 0.3) is 5.91 Å². The Morgan fingerprint density at radius 2 is 1.77 bits per heavy atom. The monoisotopic (exact) mass is 360 g/mol. The van der Waals surface area contributed by atoms with Crippen LogP contribution >= 0.6 is 0 Å². The number of rotatable bonds is 7. The highest BCUT2D eigenvalue weighted by molar-refractivity contribution is 5.95. The number of urea groups is 1. The van der Waals surface area contributed by atoms with Gasteiger partial charge >= 0.3 is 12.0 Å². The molecule has 0 saturated heterocycles. The van der Waals surface area contributed by atoms with Gasteiger partial charge in [0.05, 0.1) is 12.8 Å². The summed E-state index contributed by atoms with van der Waals surface area (Å²) >= 11 is 0. The molecule has 2 aromatic rings. The molecule has 0 atom stereocenters. The smallest absolute Gasteiger partial charge is 0.344 e. The highest BCUT2D eigenvalue weighted by atomic mass is 16.6. The van der Waals surface area contributed by atoms with Crippen molar-refractivity contribution in [3.63, 3.8) is 0 Å². The van der Waals surface area contributed by atoms with Gasteiger partial charge in [0.1, 0.15) is 11.5 Å². The number of esters is 1. The predicted molar refractivity (Wildman–Crippen MR) is 91.5 cm³/mol. The number of ether oxygens (including phenoxy) is 2. The Morgan fingerprint density at radius 1 is 1.04 bits per heavy atom. The van der Waals surface area contributed by atoms with Crippen molar-refractivity contribution in [1.29, 1.82) is 0 Å². The molecule has 0 bridgehead atoms. The summed E-state index contributed by atoms with van der Waals surface area (Å²) < 4.78 is 15.2. The first-order valence-electron chi connectivity index (χ1n) is 7.90. The van der Waals surface area contributed by atoms with Gasteiger partial charge < -0.3 is 19.2 Å². The summed E-state index contributed by atoms with van der Waals surface area (Å²) in [6.07, 6.45) is 1.47. The van der Waals surface area contributed by atoms with Gasteiger partial charge in [-0.05, 0) is 37.1 Å². The molecule has 0 saturated carbocycles. The van der Waals surface area contributed by atoms with E-state index in [0.717, 1.165) is 11.1 Å². The molecule has 3 amide bonds. The van der Waals surface area contributed by atoms with E-state index in [2.05, 4.69) is 5.32 Å². The fraction of sp³-hybridized carbons (Fsp3) is 0.278. The lowest BCUT2D eigenvalue weighted by Crippen LogP contribution is -2.41. The summed E-state index contributed by atoms with van der Waals surface area (Å²) in [6.45, 7) is 2.95. The maximum atomic E-state index is 11.7. The van der Waals surface area contributed by atoms with Gasteiger partial charge in [0, 0.05) is 0 Å². The van der Waals surface area contributed by atoms with E-state index in [-0.39, 0.29) is 13.2 Å². The maximum Gasteiger partial charge on any atom is 0.344 e. The van der Waals surface area contributed by atoms with E-state index in [1.54, 1.807) is 12.1 Å². The lowest BCUT2D eigenvalue weighted by Gasteiger charge is -2.11. The first-order valence-corrected chi connectivity index (χ1v) is 7.90. The summed E-state index contributed by atoms with van der Waals surface area (Å²) in [5.74, 6) is -0.310. The molecule has 2 N–H and O–H groups in total. The molecular weight excluding hydrogens is 340 g/mol. The van der Waals surface area contributed by atoms with Crippen molar-refractivity contribution in [3.8, 4) is 5.75 Å². The molecule has 26 heavy (non-hydrogen) atoms. The van der Waals surface area contributed by atoms with Crippen molar-refractivity contribution in [3.05, 3.63) is 53.5 Å².